The lowest BCUT2D eigenvalue weighted by molar-refractivity contribution is 1.24. The summed E-state index contributed by atoms with van der Waals surface area (Å²) in [5.41, 5.74) is 8.39. The van der Waals surface area contributed by atoms with Crippen molar-refractivity contribution in [1.29, 1.82) is 10.5 Å². The molecule has 0 aliphatic rings. The van der Waals surface area contributed by atoms with Gasteiger partial charge in [0.05, 0.1) is 24.1 Å². The van der Waals surface area contributed by atoms with Gasteiger partial charge in [0, 0.05) is 5.69 Å². The van der Waals surface area contributed by atoms with Gasteiger partial charge in [-0.25, -0.2) is 0 Å². The predicted molar refractivity (Wildman–Crippen MR) is 49.6 cm³/mol. The van der Waals surface area contributed by atoms with E-state index < -0.39 is 0 Å². The van der Waals surface area contributed by atoms with Crippen LogP contribution in [-0.4, -0.2) is 0 Å². The van der Waals surface area contributed by atoms with Crippen molar-refractivity contribution in [1.82, 2.24) is 0 Å². The van der Waals surface area contributed by atoms with E-state index in [9.17, 15) is 0 Å². The Balaban J connectivity index is 3.24. The normalized spacial score (nSPS) is 8.85. The average molecular weight is 171 g/mol. The van der Waals surface area contributed by atoms with Crippen LogP contribution in [0.3, 0.4) is 0 Å². The predicted octanol–water partition coefficient (Wildman–Crippen LogP) is 1.51. The Morgan fingerprint density at radius 2 is 2.08 bits per heavy atom. The number of nitrogens with two attached hydrogens (primary N) is 1. The zero-order chi connectivity index (χ0) is 9.84. The van der Waals surface area contributed by atoms with Crippen LogP contribution in [0.15, 0.2) is 12.1 Å². The third kappa shape index (κ3) is 1.77. The van der Waals surface area contributed by atoms with E-state index in [4.69, 9.17) is 16.3 Å². The first-order valence-corrected chi connectivity index (χ1v) is 3.85. The Labute approximate surface area is 77.0 Å². The second-order valence-corrected chi connectivity index (χ2v) is 2.81. The molecular formula is C10H9N3. The highest BCUT2D eigenvalue weighted by atomic mass is 14.6. The Hall–Kier alpha value is -2.00. The Kier molecular flexibility index (Phi) is 2.52. The van der Waals surface area contributed by atoms with Gasteiger partial charge in [0.2, 0.25) is 0 Å². The molecule has 0 aliphatic carbocycles. The summed E-state index contributed by atoms with van der Waals surface area (Å²) in [6, 6.07) is 7.47. The summed E-state index contributed by atoms with van der Waals surface area (Å²) >= 11 is 0. The number of nitriles is 2. The van der Waals surface area contributed by atoms with E-state index in [-0.39, 0.29) is 0 Å². The van der Waals surface area contributed by atoms with Crippen molar-refractivity contribution >= 4 is 5.69 Å². The van der Waals surface area contributed by atoms with Gasteiger partial charge in [0.15, 0.2) is 0 Å². The smallest absolute Gasteiger partial charge is 0.0995 e. The minimum Gasteiger partial charge on any atom is -0.398 e. The fourth-order valence-electron chi connectivity index (χ4n) is 1.14. The first kappa shape index (κ1) is 9.09. The van der Waals surface area contributed by atoms with Gasteiger partial charge in [0.1, 0.15) is 0 Å². The van der Waals surface area contributed by atoms with Gasteiger partial charge in [0.25, 0.3) is 0 Å². The highest BCUT2D eigenvalue weighted by Gasteiger charge is 2.03. The summed E-state index contributed by atoms with van der Waals surface area (Å²) in [6.07, 6.45) is 0.290. The second kappa shape index (κ2) is 3.60. The maximum atomic E-state index is 8.69. The lowest BCUT2D eigenvalue weighted by Crippen LogP contribution is -1.96. The summed E-state index contributed by atoms with van der Waals surface area (Å²) in [6.45, 7) is 1.83. The lowest BCUT2D eigenvalue weighted by Gasteiger charge is -2.04. The summed E-state index contributed by atoms with van der Waals surface area (Å²) in [5.74, 6) is 0. The Bertz CT molecular complexity index is 407. The molecule has 0 fully saturated rings. The highest BCUT2D eigenvalue weighted by molar-refractivity contribution is 5.56. The SMILES string of the molecule is Cc1cc(CC#N)c(N)cc1C#N. The molecule has 2 N–H and O–H groups in total. The molecule has 3 heteroatoms. The molecule has 0 spiro atoms. The fraction of sp³-hybridized carbons (Fsp3) is 0.200. The quantitative estimate of drug-likeness (QED) is 0.651. The van der Waals surface area contributed by atoms with Gasteiger partial charge in [-0.2, -0.15) is 10.5 Å². The first-order chi connectivity index (χ1) is 6.19. The van der Waals surface area contributed by atoms with E-state index in [0.29, 0.717) is 17.7 Å². The average Bonchev–Trinajstić information content (AvgIpc) is 2.11. The maximum Gasteiger partial charge on any atom is 0.0995 e. The van der Waals surface area contributed by atoms with E-state index in [1.54, 1.807) is 12.1 Å². The molecule has 13 heavy (non-hydrogen) atoms. The molecule has 0 atom stereocenters. The molecule has 0 aromatic heterocycles. The van der Waals surface area contributed by atoms with Crippen molar-refractivity contribution in [3.8, 4) is 12.1 Å². The van der Waals surface area contributed by atoms with E-state index in [2.05, 4.69) is 0 Å². The molecule has 0 aliphatic heterocycles. The van der Waals surface area contributed by atoms with Crippen LogP contribution >= 0.6 is 0 Å². The van der Waals surface area contributed by atoms with Crippen LogP contribution in [0.4, 0.5) is 5.69 Å². The number of benzene rings is 1. The standard InChI is InChI=1S/C10H9N3/c1-7-4-8(2-3-11)10(13)5-9(7)6-12/h4-5H,2,13H2,1H3. The van der Waals surface area contributed by atoms with Crippen LogP contribution in [0.1, 0.15) is 16.7 Å². The van der Waals surface area contributed by atoms with Gasteiger partial charge < -0.3 is 5.73 Å². The number of anilines is 1. The summed E-state index contributed by atoms with van der Waals surface area (Å²) in [7, 11) is 0. The van der Waals surface area contributed by atoms with Crippen molar-refractivity contribution in [2.45, 2.75) is 13.3 Å². The van der Waals surface area contributed by atoms with Crippen molar-refractivity contribution in [3.63, 3.8) is 0 Å². The van der Waals surface area contributed by atoms with Gasteiger partial charge in [-0.05, 0) is 24.1 Å². The third-order valence-electron chi connectivity index (χ3n) is 1.88. The van der Waals surface area contributed by atoms with Crippen molar-refractivity contribution < 1.29 is 0 Å². The zero-order valence-electron chi connectivity index (χ0n) is 7.33. The van der Waals surface area contributed by atoms with Crippen LogP contribution in [0, 0.1) is 29.6 Å². The number of nitrogen functional groups attached to an aromatic ring is 1. The van der Waals surface area contributed by atoms with Crippen LogP contribution in [0.25, 0.3) is 0 Å². The molecule has 0 saturated heterocycles. The number of aryl methyl sites for hydroxylation is 1. The molecule has 0 radical (unpaired) electrons. The molecule has 0 bridgehead atoms. The highest BCUT2D eigenvalue weighted by Crippen LogP contribution is 2.18. The van der Waals surface area contributed by atoms with Gasteiger partial charge in [-0.1, -0.05) is 6.07 Å². The zero-order valence-corrected chi connectivity index (χ0v) is 7.33. The summed E-state index contributed by atoms with van der Waals surface area (Å²) in [5, 5.41) is 17.2. The van der Waals surface area contributed by atoms with Crippen LogP contribution < -0.4 is 5.73 Å². The minimum absolute atomic E-state index is 0.290. The van der Waals surface area contributed by atoms with Crippen molar-refractivity contribution in [2.24, 2.45) is 0 Å². The third-order valence-corrected chi connectivity index (χ3v) is 1.88. The molecule has 64 valence electrons. The van der Waals surface area contributed by atoms with Gasteiger partial charge in [-0.3, -0.25) is 0 Å². The molecule has 0 heterocycles. The summed E-state index contributed by atoms with van der Waals surface area (Å²) in [4.78, 5) is 0. The number of hydrogen-bond donors (Lipinski definition) is 1. The van der Waals surface area contributed by atoms with E-state index in [1.807, 2.05) is 19.1 Å². The molecule has 3 nitrogen and oxygen atoms in total. The Morgan fingerprint density at radius 1 is 1.38 bits per heavy atom. The molecule has 0 amide bonds. The number of hydrogen-bond acceptors (Lipinski definition) is 3. The monoisotopic (exact) mass is 171 g/mol. The fourth-order valence-corrected chi connectivity index (χ4v) is 1.14. The second-order valence-electron chi connectivity index (χ2n) is 2.81. The van der Waals surface area contributed by atoms with Crippen LogP contribution in [-0.2, 0) is 6.42 Å². The number of rotatable bonds is 1. The molecule has 1 rings (SSSR count). The maximum absolute atomic E-state index is 8.69. The Morgan fingerprint density at radius 3 is 2.62 bits per heavy atom. The molecule has 1 aromatic rings. The van der Waals surface area contributed by atoms with Crippen LogP contribution in [0.2, 0.25) is 0 Å². The molecule has 0 saturated carbocycles. The first-order valence-electron chi connectivity index (χ1n) is 3.85. The molecule has 1 aromatic carbocycles. The van der Waals surface area contributed by atoms with Crippen molar-refractivity contribution in [2.75, 3.05) is 5.73 Å². The number of nitrogens with zero attached hydrogens (tertiary/aromatic N) is 2. The summed E-state index contributed by atoms with van der Waals surface area (Å²) < 4.78 is 0. The molecular weight excluding hydrogens is 162 g/mol. The molecule has 0 unspecified atom stereocenters. The minimum atomic E-state index is 0.290. The van der Waals surface area contributed by atoms with E-state index >= 15 is 0 Å². The largest absolute Gasteiger partial charge is 0.398 e. The lowest BCUT2D eigenvalue weighted by atomic mass is 10.0. The topological polar surface area (TPSA) is 73.6 Å². The van der Waals surface area contributed by atoms with Crippen LogP contribution in [0.5, 0.6) is 0 Å². The van der Waals surface area contributed by atoms with Gasteiger partial charge >= 0.3 is 0 Å². The van der Waals surface area contributed by atoms with E-state index in [1.165, 1.54) is 0 Å². The van der Waals surface area contributed by atoms with Gasteiger partial charge in [-0.15, -0.1) is 0 Å². The van der Waals surface area contributed by atoms with Crippen molar-refractivity contribution in [3.05, 3.63) is 28.8 Å². The van der Waals surface area contributed by atoms with E-state index in [0.717, 1.165) is 11.1 Å².